The summed E-state index contributed by atoms with van der Waals surface area (Å²) < 4.78 is 5.61. The zero-order valence-corrected chi connectivity index (χ0v) is 11.9. The van der Waals surface area contributed by atoms with Crippen LogP contribution in [0.4, 0.5) is 5.69 Å². The fourth-order valence-corrected chi connectivity index (χ4v) is 3.38. The Morgan fingerprint density at radius 3 is 2.80 bits per heavy atom. The maximum atomic E-state index is 11.7. The summed E-state index contributed by atoms with van der Waals surface area (Å²) in [4.78, 5) is 11.7. The molecule has 4 heteroatoms. The van der Waals surface area contributed by atoms with Crippen LogP contribution in [-0.4, -0.2) is 18.6 Å². The van der Waals surface area contributed by atoms with Gasteiger partial charge in [0.1, 0.15) is 5.75 Å². The van der Waals surface area contributed by atoms with Crippen LogP contribution in [0.25, 0.3) is 0 Å². The molecule has 1 fully saturated rings. The second-order valence-electron chi connectivity index (χ2n) is 6.01. The predicted octanol–water partition coefficient (Wildman–Crippen LogP) is 2.57. The normalized spacial score (nSPS) is 24.5. The molecule has 0 bridgehead atoms. The molecule has 2 aliphatic rings. The first-order valence-electron chi connectivity index (χ1n) is 7.47. The number of rotatable bonds is 2. The number of amides is 1. The second-order valence-corrected chi connectivity index (χ2v) is 6.01. The molecule has 0 radical (unpaired) electrons. The zero-order chi connectivity index (χ0) is 14.2. The molecule has 1 unspecified atom stereocenters. The summed E-state index contributed by atoms with van der Waals surface area (Å²) in [7, 11) is 0. The Bertz CT molecular complexity index is 521. The van der Waals surface area contributed by atoms with E-state index in [2.05, 4.69) is 17.4 Å². The molecule has 1 aromatic rings. The lowest BCUT2D eigenvalue weighted by Gasteiger charge is -2.37. The molecule has 108 valence electrons. The summed E-state index contributed by atoms with van der Waals surface area (Å²) >= 11 is 0. The Kier molecular flexibility index (Phi) is 3.42. The highest BCUT2D eigenvalue weighted by atomic mass is 16.5. The maximum Gasteiger partial charge on any atom is 0.265 e. The van der Waals surface area contributed by atoms with Crippen LogP contribution < -0.4 is 15.8 Å². The number of nitrogens with one attached hydrogen (secondary N) is 1. The molecule has 4 nitrogen and oxygen atoms in total. The summed E-state index contributed by atoms with van der Waals surface area (Å²) in [6.45, 7) is 2.42. The third kappa shape index (κ3) is 2.18. The van der Waals surface area contributed by atoms with E-state index in [1.54, 1.807) is 6.92 Å². The van der Waals surface area contributed by atoms with Gasteiger partial charge in [-0.3, -0.25) is 4.79 Å². The highest BCUT2D eigenvalue weighted by molar-refractivity contribution is 5.97. The van der Waals surface area contributed by atoms with Gasteiger partial charge in [-0.25, -0.2) is 0 Å². The Balaban J connectivity index is 1.95. The van der Waals surface area contributed by atoms with Gasteiger partial charge < -0.3 is 15.8 Å². The van der Waals surface area contributed by atoms with E-state index in [0.717, 1.165) is 24.3 Å². The molecule has 0 aromatic heterocycles. The van der Waals surface area contributed by atoms with Gasteiger partial charge in [-0.1, -0.05) is 25.3 Å². The van der Waals surface area contributed by atoms with Crippen LogP contribution in [0.5, 0.6) is 5.75 Å². The first kappa shape index (κ1) is 13.4. The first-order chi connectivity index (χ1) is 9.64. The number of benzene rings is 1. The molecular formula is C16H22N2O2. The SMILES string of the molecule is CC1Oc2ccc(C3(CN)CCCCC3)cc2NC1=O. The van der Waals surface area contributed by atoms with Crippen LogP contribution in [0.1, 0.15) is 44.6 Å². The number of nitrogens with two attached hydrogens (primary N) is 1. The van der Waals surface area contributed by atoms with Crippen molar-refractivity contribution >= 4 is 11.6 Å². The van der Waals surface area contributed by atoms with Crippen LogP contribution in [-0.2, 0) is 10.2 Å². The molecule has 1 saturated carbocycles. The van der Waals surface area contributed by atoms with Crippen LogP contribution in [0, 0.1) is 0 Å². The molecule has 1 aromatic carbocycles. The van der Waals surface area contributed by atoms with Crippen molar-refractivity contribution in [3.8, 4) is 5.75 Å². The molecule has 0 spiro atoms. The average Bonchev–Trinajstić information content (AvgIpc) is 2.48. The number of anilines is 1. The molecular weight excluding hydrogens is 252 g/mol. The van der Waals surface area contributed by atoms with Gasteiger partial charge in [-0.05, 0) is 37.5 Å². The van der Waals surface area contributed by atoms with E-state index in [1.165, 1.54) is 24.8 Å². The van der Waals surface area contributed by atoms with Crippen LogP contribution in [0.3, 0.4) is 0 Å². The maximum absolute atomic E-state index is 11.7. The third-order valence-electron chi connectivity index (χ3n) is 4.72. The lowest BCUT2D eigenvalue weighted by atomic mass is 9.69. The summed E-state index contributed by atoms with van der Waals surface area (Å²) in [6, 6.07) is 6.13. The Labute approximate surface area is 119 Å². The van der Waals surface area contributed by atoms with Gasteiger partial charge in [0.2, 0.25) is 0 Å². The van der Waals surface area contributed by atoms with Crippen LogP contribution in [0.15, 0.2) is 18.2 Å². The fourth-order valence-electron chi connectivity index (χ4n) is 3.38. The summed E-state index contributed by atoms with van der Waals surface area (Å²) in [5.74, 6) is 0.670. The van der Waals surface area contributed by atoms with Crippen molar-refractivity contribution in [2.75, 3.05) is 11.9 Å². The molecule has 1 amide bonds. The highest BCUT2D eigenvalue weighted by Crippen LogP contribution is 2.41. The molecule has 20 heavy (non-hydrogen) atoms. The van der Waals surface area contributed by atoms with Crippen molar-refractivity contribution in [3.63, 3.8) is 0 Å². The van der Waals surface area contributed by atoms with E-state index < -0.39 is 6.10 Å². The quantitative estimate of drug-likeness (QED) is 0.871. The van der Waals surface area contributed by atoms with Gasteiger partial charge >= 0.3 is 0 Å². The number of ether oxygens (including phenoxy) is 1. The first-order valence-corrected chi connectivity index (χ1v) is 7.47. The fraction of sp³-hybridized carbons (Fsp3) is 0.562. The molecule has 3 N–H and O–H groups in total. The van der Waals surface area contributed by atoms with Crippen molar-refractivity contribution in [2.45, 2.75) is 50.5 Å². The van der Waals surface area contributed by atoms with Crippen molar-refractivity contribution in [2.24, 2.45) is 5.73 Å². The standard InChI is InChI=1S/C16H22N2O2/c1-11-15(19)18-13-9-12(5-6-14(13)20-11)16(10-17)7-3-2-4-8-16/h5-6,9,11H,2-4,7-8,10,17H2,1H3,(H,18,19). The Morgan fingerprint density at radius 2 is 2.10 bits per heavy atom. The predicted molar refractivity (Wildman–Crippen MR) is 79.0 cm³/mol. The minimum absolute atomic E-state index is 0.0705. The van der Waals surface area contributed by atoms with Gasteiger partial charge in [0, 0.05) is 12.0 Å². The van der Waals surface area contributed by atoms with Gasteiger partial charge in [0.15, 0.2) is 6.10 Å². The van der Waals surface area contributed by atoms with Crippen molar-refractivity contribution < 1.29 is 9.53 Å². The number of hydrogen-bond donors (Lipinski definition) is 2. The molecule has 3 rings (SSSR count). The smallest absolute Gasteiger partial charge is 0.265 e. The molecule has 1 atom stereocenters. The summed E-state index contributed by atoms with van der Waals surface area (Å²) in [5.41, 5.74) is 8.16. The van der Waals surface area contributed by atoms with Gasteiger partial charge in [0.25, 0.3) is 5.91 Å². The largest absolute Gasteiger partial charge is 0.479 e. The van der Waals surface area contributed by atoms with E-state index in [1.807, 2.05) is 6.07 Å². The van der Waals surface area contributed by atoms with E-state index in [0.29, 0.717) is 6.54 Å². The van der Waals surface area contributed by atoms with Gasteiger partial charge in [-0.2, -0.15) is 0 Å². The number of carbonyl (C=O) groups is 1. The zero-order valence-electron chi connectivity index (χ0n) is 11.9. The monoisotopic (exact) mass is 274 g/mol. The molecule has 1 heterocycles. The minimum Gasteiger partial charge on any atom is -0.479 e. The van der Waals surface area contributed by atoms with Crippen molar-refractivity contribution in [3.05, 3.63) is 23.8 Å². The van der Waals surface area contributed by atoms with E-state index in [-0.39, 0.29) is 11.3 Å². The second kappa shape index (κ2) is 5.09. The molecule has 0 saturated heterocycles. The van der Waals surface area contributed by atoms with E-state index >= 15 is 0 Å². The molecule has 1 aliphatic carbocycles. The number of carbonyl (C=O) groups excluding carboxylic acids is 1. The van der Waals surface area contributed by atoms with Crippen molar-refractivity contribution in [1.82, 2.24) is 0 Å². The van der Waals surface area contributed by atoms with Crippen molar-refractivity contribution in [1.29, 1.82) is 0 Å². The van der Waals surface area contributed by atoms with Crippen LogP contribution >= 0.6 is 0 Å². The Morgan fingerprint density at radius 1 is 1.35 bits per heavy atom. The average molecular weight is 274 g/mol. The highest BCUT2D eigenvalue weighted by Gasteiger charge is 2.34. The molecule has 1 aliphatic heterocycles. The minimum atomic E-state index is -0.425. The van der Waals surface area contributed by atoms with E-state index in [4.69, 9.17) is 10.5 Å². The number of fused-ring (bicyclic) bond motifs is 1. The topological polar surface area (TPSA) is 64.3 Å². The summed E-state index contributed by atoms with van der Waals surface area (Å²) in [6.07, 6.45) is 5.60. The lowest BCUT2D eigenvalue weighted by Crippen LogP contribution is -2.38. The third-order valence-corrected chi connectivity index (χ3v) is 4.72. The lowest BCUT2D eigenvalue weighted by molar-refractivity contribution is -0.122. The van der Waals surface area contributed by atoms with Gasteiger partial charge in [0.05, 0.1) is 5.69 Å². The Hall–Kier alpha value is -1.55. The van der Waals surface area contributed by atoms with Gasteiger partial charge in [-0.15, -0.1) is 0 Å². The van der Waals surface area contributed by atoms with E-state index in [9.17, 15) is 4.79 Å². The summed E-state index contributed by atoms with van der Waals surface area (Å²) in [5, 5.41) is 2.93. The number of hydrogen-bond acceptors (Lipinski definition) is 3. The van der Waals surface area contributed by atoms with Crippen LogP contribution in [0.2, 0.25) is 0 Å².